The number of nitrogens with zero attached hydrogens (tertiary/aromatic N) is 3. The van der Waals surface area contributed by atoms with Crippen molar-refractivity contribution in [1.82, 2.24) is 15.1 Å². The lowest BCUT2D eigenvalue weighted by atomic mass is 9.98. The van der Waals surface area contributed by atoms with Crippen LogP contribution in [-0.4, -0.2) is 34.2 Å². The molecule has 5 nitrogen and oxygen atoms in total. The van der Waals surface area contributed by atoms with Gasteiger partial charge in [-0.25, -0.2) is 4.79 Å². The fourth-order valence-corrected chi connectivity index (χ4v) is 4.28. The molecule has 1 aromatic heterocycles. The van der Waals surface area contributed by atoms with E-state index in [0.717, 1.165) is 36.6 Å². The molecule has 0 radical (unpaired) electrons. The third kappa shape index (κ3) is 3.54. The summed E-state index contributed by atoms with van der Waals surface area (Å²) in [6.45, 7) is 1.50. The smallest absolute Gasteiger partial charge is 0.321 e. The van der Waals surface area contributed by atoms with Crippen molar-refractivity contribution >= 4 is 34.7 Å². The van der Waals surface area contributed by atoms with Gasteiger partial charge in [0.2, 0.25) is 0 Å². The first-order chi connectivity index (χ1) is 11.7. The highest BCUT2D eigenvalue weighted by Gasteiger charge is 2.30. The zero-order valence-electron chi connectivity index (χ0n) is 13.2. The normalized spacial score (nSPS) is 18.6. The van der Waals surface area contributed by atoms with Crippen molar-refractivity contribution in [2.24, 2.45) is 0 Å². The number of rotatable bonds is 3. The van der Waals surface area contributed by atoms with E-state index < -0.39 is 0 Å². The Morgan fingerprint density at radius 3 is 2.21 bits per heavy atom. The van der Waals surface area contributed by atoms with Gasteiger partial charge in [-0.2, -0.15) is 0 Å². The van der Waals surface area contributed by atoms with E-state index in [-0.39, 0.29) is 6.03 Å². The molecule has 2 fully saturated rings. The van der Waals surface area contributed by atoms with Gasteiger partial charge in [0.25, 0.3) is 0 Å². The molecule has 2 heterocycles. The summed E-state index contributed by atoms with van der Waals surface area (Å²) >= 11 is 7.63. The van der Waals surface area contributed by atoms with E-state index in [1.54, 1.807) is 23.5 Å². The number of amides is 2. The number of carbonyl (C=O) groups excluding carboxylic acids is 1. The van der Waals surface area contributed by atoms with Gasteiger partial charge in [0.05, 0.1) is 0 Å². The molecular weight excluding hydrogens is 344 g/mol. The third-order valence-corrected chi connectivity index (χ3v) is 6.11. The molecule has 1 aliphatic heterocycles. The van der Waals surface area contributed by atoms with Crippen LogP contribution in [0.4, 0.5) is 10.5 Å². The monoisotopic (exact) mass is 362 g/mol. The number of likely N-dealkylation sites (tertiary alicyclic amines) is 1. The molecule has 0 spiro atoms. The number of hydrogen-bond donors (Lipinski definition) is 1. The molecule has 0 atom stereocenters. The van der Waals surface area contributed by atoms with Crippen LogP contribution in [0.5, 0.6) is 0 Å². The van der Waals surface area contributed by atoms with E-state index in [1.807, 2.05) is 17.0 Å². The highest BCUT2D eigenvalue weighted by atomic mass is 35.5. The van der Waals surface area contributed by atoms with E-state index in [0.29, 0.717) is 16.9 Å². The molecule has 1 aliphatic carbocycles. The van der Waals surface area contributed by atoms with Crippen molar-refractivity contribution < 1.29 is 4.79 Å². The fraction of sp³-hybridized carbons (Fsp3) is 0.471. The Balaban J connectivity index is 1.31. The maximum atomic E-state index is 12.4. The first-order valence-electron chi connectivity index (χ1n) is 8.34. The van der Waals surface area contributed by atoms with Crippen LogP contribution in [0, 0.1) is 0 Å². The standard InChI is InChI=1S/C17H19ClN4OS/c18-13-3-5-14(6-4-13)19-17(23)22-9-7-12(8-10-22)16-21-20-15(24-16)11-1-2-11/h3-6,11-12H,1-2,7-10H2,(H,19,23). The van der Waals surface area contributed by atoms with Gasteiger partial charge in [0.15, 0.2) is 0 Å². The van der Waals surface area contributed by atoms with Crippen molar-refractivity contribution in [3.8, 4) is 0 Å². The fourth-order valence-electron chi connectivity index (χ4n) is 2.97. The maximum absolute atomic E-state index is 12.4. The summed E-state index contributed by atoms with van der Waals surface area (Å²) < 4.78 is 0. The lowest BCUT2D eigenvalue weighted by Gasteiger charge is -2.31. The number of aromatic nitrogens is 2. The van der Waals surface area contributed by atoms with Crippen LogP contribution >= 0.6 is 22.9 Å². The Labute approximate surface area is 150 Å². The Morgan fingerprint density at radius 1 is 1.04 bits per heavy atom. The van der Waals surface area contributed by atoms with Gasteiger partial charge >= 0.3 is 6.03 Å². The van der Waals surface area contributed by atoms with Crippen molar-refractivity contribution in [2.45, 2.75) is 37.5 Å². The van der Waals surface area contributed by atoms with Crippen LogP contribution < -0.4 is 5.32 Å². The van der Waals surface area contributed by atoms with Gasteiger partial charge in [-0.15, -0.1) is 21.5 Å². The molecular formula is C17H19ClN4OS. The Hall–Kier alpha value is -1.66. The maximum Gasteiger partial charge on any atom is 0.321 e. The summed E-state index contributed by atoms with van der Waals surface area (Å²) in [7, 11) is 0. The molecule has 1 saturated carbocycles. The highest BCUT2D eigenvalue weighted by molar-refractivity contribution is 7.11. The minimum Gasteiger partial charge on any atom is -0.324 e. The lowest BCUT2D eigenvalue weighted by Crippen LogP contribution is -2.40. The Kier molecular flexibility index (Phi) is 4.41. The molecule has 24 heavy (non-hydrogen) atoms. The summed E-state index contributed by atoms with van der Waals surface area (Å²) in [5.74, 6) is 1.11. The molecule has 126 valence electrons. The van der Waals surface area contributed by atoms with E-state index >= 15 is 0 Å². The van der Waals surface area contributed by atoms with Gasteiger partial charge in [-0.1, -0.05) is 11.6 Å². The number of benzene rings is 1. The Bertz CT molecular complexity index is 720. The van der Waals surface area contributed by atoms with Crippen LogP contribution in [0.2, 0.25) is 5.02 Å². The molecule has 1 N–H and O–H groups in total. The molecule has 2 aromatic rings. The minimum absolute atomic E-state index is 0.0493. The zero-order chi connectivity index (χ0) is 16.5. The molecule has 1 saturated heterocycles. The second-order valence-corrected chi connectivity index (χ2v) is 7.93. The van der Waals surface area contributed by atoms with Crippen LogP contribution in [-0.2, 0) is 0 Å². The number of piperidine rings is 1. The van der Waals surface area contributed by atoms with Crippen molar-refractivity contribution in [3.05, 3.63) is 39.3 Å². The molecule has 2 aliphatic rings. The van der Waals surface area contributed by atoms with E-state index in [2.05, 4.69) is 15.5 Å². The summed E-state index contributed by atoms with van der Waals surface area (Å²) in [5.41, 5.74) is 0.768. The minimum atomic E-state index is -0.0493. The van der Waals surface area contributed by atoms with Crippen molar-refractivity contribution in [1.29, 1.82) is 0 Å². The average molecular weight is 363 g/mol. The van der Waals surface area contributed by atoms with Gasteiger partial charge in [0.1, 0.15) is 10.0 Å². The predicted octanol–water partition coefficient (Wildman–Crippen LogP) is 4.48. The second-order valence-electron chi connectivity index (χ2n) is 6.45. The topological polar surface area (TPSA) is 58.1 Å². The van der Waals surface area contributed by atoms with E-state index in [9.17, 15) is 4.79 Å². The number of halogens is 1. The molecule has 4 rings (SSSR count). The van der Waals surface area contributed by atoms with Gasteiger partial charge < -0.3 is 10.2 Å². The van der Waals surface area contributed by atoms with E-state index in [4.69, 9.17) is 11.6 Å². The van der Waals surface area contributed by atoms with Crippen LogP contribution in [0.1, 0.15) is 47.5 Å². The summed E-state index contributed by atoms with van der Waals surface area (Å²) in [5, 5.41) is 14.7. The third-order valence-electron chi connectivity index (χ3n) is 4.61. The van der Waals surface area contributed by atoms with E-state index in [1.165, 1.54) is 17.8 Å². The quantitative estimate of drug-likeness (QED) is 0.875. The second kappa shape index (κ2) is 6.69. The molecule has 0 bridgehead atoms. The Morgan fingerprint density at radius 2 is 1.62 bits per heavy atom. The van der Waals surface area contributed by atoms with Crippen LogP contribution in [0.3, 0.4) is 0 Å². The highest BCUT2D eigenvalue weighted by Crippen LogP contribution is 2.43. The number of anilines is 1. The predicted molar refractivity (Wildman–Crippen MR) is 95.9 cm³/mol. The number of urea groups is 1. The summed E-state index contributed by atoms with van der Waals surface area (Å²) in [6.07, 6.45) is 4.43. The van der Waals surface area contributed by atoms with Gasteiger partial charge in [0, 0.05) is 35.6 Å². The molecule has 0 unspecified atom stereocenters. The molecule has 7 heteroatoms. The molecule has 2 amide bonds. The summed E-state index contributed by atoms with van der Waals surface area (Å²) in [6, 6.07) is 7.13. The number of carbonyl (C=O) groups is 1. The molecule has 1 aromatic carbocycles. The van der Waals surface area contributed by atoms with Crippen LogP contribution in [0.25, 0.3) is 0 Å². The van der Waals surface area contributed by atoms with Gasteiger partial charge in [-0.3, -0.25) is 0 Å². The average Bonchev–Trinajstić information content (AvgIpc) is 3.34. The lowest BCUT2D eigenvalue weighted by molar-refractivity contribution is 0.194. The first kappa shape index (κ1) is 15.8. The summed E-state index contributed by atoms with van der Waals surface area (Å²) in [4.78, 5) is 14.2. The van der Waals surface area contributed by atoms with Gasteiger partial charge in [-0.05, 0) is 49.9 Å². The SMILES string of the molecule is O=C(Nc1ccc(Cl)cc1)N1CCC(c2nnc(C3CC3)s2)CC1. The first-order valence-corrected chi connectivity index (χ1v) is 9.53. The number of hydrogen-bond acceptors (Lipinski definition) is 4. The van der Waals surface area contributed by atoms with Crippen molar-refractivity contribution in [3.63, 3.8) is 0 Å². The largest absolute Gasteiger partial charge is 0.324 e. The van der Waals surface area contributed by atoms with Crippen molar-refractivity contribution in [2.75, 3.05) is 18.4 Å². The van der Waals surface area contributed by atoms with Crippen LogP contribution in [0.15, 0.2) is 24.3 Å². The zero-order valence-corrected chi connectivity index (χ0v) is 14.8. The number of nitrogens with one attached hydrogen (secondary N) is 1.